The Balaban J connectivity index is 1.37. The van der Waals surface area contributed by atoms with Crippen molar-refractivity contribution < 1.29 is 19.1 Å². The van der Waals surface area contributed by atoms with Gasteiger partial charge in [-0.25, -0.2) is 4.79 Å². The predicted molar refractivity (Wildman–Crippen MR) is 160 cm³/mol. The van der Waals surface area contributed by atoms with Crippen molar-refractivity contribution in [2.24, 2.45) is 5.92 Å². The first-order valence-corrected chi connectivity index (χ1v) is 14.4. The first-order valence-electron chi connectivity index (χ1n) is 14.4. The number of esters is 1. The van der Waals surface area contributed by atoms with E-state index < -0.39 is 24.0 Å². The highest BCUT2D eigenvalue weighted by atomic mass is 16.5. The minimum absolute atomic E-state index is 0.0759. The van der Waals surface area contributed by atoms with Crippen molar-refractivity contribution in [3.8, 4) is 0 Å². The van der Waals surface area contributed by atoms with E-state index in [2.05, 4.69) is 28.1 Å². The molecule has 3 aromatic carbocycles. The summed E-state index contributed by atoms with van der Waals surface area (Å²) in [5, 5.41) is 9.07. The van der Waals surface area contributed by atoms with E-state index in [1.807, 2.05) is 92.7 Å². The highest BCUT2D eigenvalue weighted by molar-refractivity contribution is 5.91. The Morgan fingerprint density at radius 3 is 1.95 bits per heavy atom. The maximum Gasteiger partial charge on any atom is 0.328 e. The monoisotopic (exact) mass is 555 g/mol. The van der Waals surface area contributed by atoms with Gasteiger partial charge in [-0.15, -0.1) is 0 Å². The lowest BCUT2D eigenvalue weighted by Gasteiger charge is -2.24. The Hall–Kier alpha value is -3.97. The fourth-order valence-electron chi connectivity index (χ4n) is 5.02. The average molecular weight is 556 g/mol. The Bertz CT molecular complexity index is 1260. The third kappa shape index (κ3) is 9.29. The van der Waals surface area contributed by atoms with Gasteiger partial charge >= 0.3 is 5.97 Å². The second-order valence-electron chi connectivity index (χ2n) is 11.3. The summed E-state index contributed by atoms with van der Waals surface area (Å²) in [4.78, 5) is 39.5. The van der Waals surface area contributed by atoms with Gasteiger partial charge in [0.15, 0.2) is 0 Å². The van der Waals surface area contributed by atoms with Gasteiger partial charge in [-0.1, -0.05) is 105 Å². The normalized spacial score (nSPS) is 15.0. The highest BCUT2D eigenvalue weighted by Gasteiger charge is 2.43. The summed E-state index contributed by atoms with van der Waals surface area (Å²) in [5.74, 6) is -1.02. The van der Waals surface area contributed by atoms with E-state index in [1.165, 1.54) is 5.56 Å². The molecule has 41 heavy (non-hydrogen) atoms. The summed E-state index contributed by atoms with van der Waals surface area (Å²) >= 11 is 0. The van der Waals surface area contributed by atoms with Gasteiger partial charge in [0.1, 0.15) is 18.7 Å². The van der Waals surface area contributed by atoms with Gasteiger partial charge in [-0.3, -0.25) is 9.59 Å². The Morgan fingerprint density at radius 1 is 0.780 bits per heavy atom. The number of hydrogen-bond donors (Lipinski definition) is 3. The molecule has 216 valence electrons. The second-order valence-corrected chi connectivity index (χ2v) is 11.3. The van der Waals surface area contributed by atoms with E-state index in [4.69, 9.17) is 4.74 Å². The largest absolute Gasteiger partial charge is 0.459 e. The Kier molecular flexibility index (Phi) is 10.7. The lowest BCUT2D eigenvalue weighted by Crippen LogP contribution is -2.54. The lowest BCUT2D eigenvalue weighted by molar-refractivity contribution is -0.149. The number of hydrogen-bond acceptors (Lipinski definition) is 5. The van der Waals surface area contributed by atoms with Gasteiger partial charge in [-0.2, -0.15) is 0 Å². The Morgan fingerprint density at radius 2 is 1.37 bits per heavy atom. The van der Waals surface area contributed by atoms with Crippen LogP contribution >= 0.6 is 0 Å². The average Bonchev–Trinajstić information content (AvgIpc) is 3.77. The molecule has 3 aromatic rings. The summed E-state index contributed by atoms with van der Waals surface area (Å²) in [5.41, 5.74) is 3.14. The third-order valence-corrected chi connectivity index (χ3v) is 7.46. The van der Waals surface area contributed by atoms with Crippen LogP contribution in [0.4, 0.5) is 0 Å². The molecule has 2 atom stereocenters. The minimum atomic E-state index is -0.840. The summed E-state index contributed by atoms with van der Waals surface area (Å²) in [7, 11) is 0. The van der Waals surface area contributed by atoms with Crippen LogP contribution in [0.15, 0.2) is 91.0 Å². The van der Waals surface area contributed by atoms with Crippen LogP contribution in [0.1, 0.15) is 49.8 Å². The number of ether oxygens (including phenoxy) is 1. The third-order valence-electron chi connectivity index (χ3n) is 7.46. The van der Waals surface area contributed by atoms with E-state index in [9.17, 15) is 14.4 Å². The van der Waals surface area contributed by atoms with Gasteiger partial charge in [0.25, 0.3) is 0 Å². The van der Waals surface area contributed by atoms with E-state index in [0.29, 0.717) is 19.4 Å². The molecular weight excluding hydrogens is 514 g/mol. The molecule has 0 radical (unpaired) electrons. The predicted octanol–water partition coefficient (Wildman–Crippen LogP) is 4.31. The molecule has 1 fully saturated rings. The number of carbonyl (C=O) groups excluding carboxylic acids is 3. The quantitative estimate of drug-likeness (QED) is 0.243. The number of nitrogens with one attached hydrogen (secondary N) is 3. The molecule has 0 bridgehead atoms. The van der Waals surface area contributed by atoms with Crippen molar-refractivity contribution in [2.75, 3.05) is 13.1 Å². The lowest BCUT2D eigenvalue weighted by atomic mass is 9.96. The van der Waals surface area contributed by atoms with E-state index >= 15 is 0 Å². The van der Waals surface area contributed by atoms with Crippen LogP contribution in [0.5, 0.6) is 0 Å². The maximum absolute atomic E-state index is 13.5. The molecule has 0 aliphatic heterocycles. The van der Waals surface area contributed by atoms with Crippen molar-refractivity contribution in [1.29, 1.82) is 0 Å². The second kappa shape index (κ2) is 14.6. The van der Waals surface area contributed by atoms with Crippen LogP contribution in [0.3, 0.4) is 0 Å². The van der Waals surface area contributed by atoms with Crippen LogP contribution in [-0.4, -0.2) is 43.0 Å². The van der Waals surface area contributed by atoms with Gasteiger partial charge in [0.05, 0.1) is 6.54 Å². The summed E-state index contributed by atoms with van der Waals surface area (Å²) in [6.07, 6.45) is 2.90. The summed E-state index contributed by atoms with van der Waals surface area (Å²) in [6.45, 7) is 4.90. The molecular formula is C34H41N3O4. The molecule has 1 saturated carbocycles. The zero-order valence-corrected chi connectivity index (χ0v) is 24.0. The van der Waals surface area contributed by atoms with Crippen molar-refractivity contribution in [3.63, 3.8) is 0 Å². The smallest absolute Gasteiger partial charge is 0.328 e. The highest BCUT2D eigenvalue weighted by Crippen LogP contribution is 2.47. The molecule has 0 heterocycles. The standard InChI is InChI=1S/C34H41N3O4/c1-25(2)20-30(33(40)41-23-27-14-8-4-9-15-27)37-32(39)29(21-26-12-6-3-7-13-26)36-31(38)22-35-24-34(18-19-34)28-16-10-5-11-17-28/h3-17,25,29-30,35H,18-24H2,1-2H3,(H,36,38)(H,37,39)/t29-,30-/m1/s1. The maximum atomic E-state index is 13.5. The fraction of sp³-hybridized carbons (Fsp3) is 0.382. The number of carbonyl (C=O) groups is 3. The number of benzene rings is 3. The van der Waals surface area contributed by atoms with Crippen LogP contribution in [-0.2, 0) is 37.6 Å². The van der Waals surface area contributed by atoms with Crippen molar-refractivity contribution in [3.05, 3.63) is 108 Å². The first-order chi connectivity index (χ1) is 19.8. The van der Waals surface area contributed by atoms with Gasteiger partial charge in [-0.05, 0) is 41.9 Å². The van der Waals surface area contributed by atoms with Crippen LogP contribution in [0.2, 0.25) is 0 Å². The molecule has 0 unspecified atom stereocenters. The topological polar surface area (TPSA) is 96.5 Å². The zero-order chi connectivity index (χ0) is 29.1. The molecule has 0 spiro atoms. The summed E-state index contributed by atoms with van der Waals surface area (Å²) < 4.78 is 5.55. The van der Waals surface area contributed by atoms with Crippen molar-refractivity contribution >= 4 is 17.8 Å². The minimum Gasteiger partial charge on any atom is -0.459 e. The number of rotatable bonds is 15. The van der Waals surface area contributed by atoms with Gasteiger partial charge in [0, 0.05) is 18.4 Å². The molecule has 2 amide bonds. The van der Waals surface area contributed by atoms with Crippen molar-refractivity contribution in [1.82, 2.24) is 16.0 Å². The Labute approximate surface area is 243 Å². The molecule has 0 aromatic heterocycles. The molecule has 1 aliphatic carbocycles. The van der Waals surface area contributed by atoms with Gasteiger partial charge < -0.3 is 20.7 Å². The van der Waals surface area contributed by atoms with E-state index in [0.717, 1.165) is 24.0 Å². The molecule has 7 nitrogen and oxygen atoms in total. The van der Waals surface area contributed by atoms with Crippen LogP contribution < -0.4 is 16.0 Å². The molecule has 7 heteroatoms. The van der Waals surface area contributed by atoms with E-state index in [-0.39, 0.29) is 30.4 Å². The van der Waals surface area contributed by atoms with Crippen LogP contribution in [0, 0.1) is 5.92 Å². The number of amides is 2. The zero-order valence-electron chi connectivity index (χ0n) is 24.0. The van der Waals surface area contributed by atoms with Crippen molar-refractivity contribution in [2.45, 2.75) is 63.6 Å². The van der Waals surface area contributed by atoms with E-state index in [1.54, 1.807) is 0 Å². The molecule has 3 N–H and O–H groups in total. The van der Waals surface area contributed by atoms with Gasteiger partial charge in [0.2, 0.25) is 11.8 Å². The summed E-state index contributed by atoms with van der Waals surface area (Å²) in [6, 6.07) is 27.7. The molecule has 1 aliphatic rings. The molecule has 4 rings (SSSR count). The van der Waals surface area contributed by atoms with Crippen LogP contribution in [0.25, 0.3) is 0 Å². The fourth-order valence-corrected chi connectivity index (χ4v) is 5.02. The molecule has 0 saturated heterocycles. The SMILES string of the molecule is CC(C)C[C@@H](NC(=O)[C@@H](Cc1ccccc1)NC(=O)CNCC1(c2ccccc2)CC1)C(=O)OCc1ccccc1. The first kappa shape index (κ1) is 30.0.